The molecule has 1 amide bonds. The molecule has 1 fully saturated rings. The van der Waals surface area contributed by atoms with Gasteiger partial charge in [-0.15, -0.1) is 0 Å². The summed E-state index contributed by atoms with van der Waals surface area (Å²) in [6.07, 6.45) is 4.34. The summed E-state index contributed by atoms with van der Waals surface area (Å²) < 4.78 is 18.5. The van der Waals surface area contributed by atoms with E-state index in [0.29, 0.717) is 76.7 Å². The number of amides is 1. The molecule has 1 saturated heterocycles. The van der Waals surface area contributed by atoms with E-state index in [1.165, 1.54) is 20.3 Å². The van der Waals surface area contributed by atoms with Crippen LogP contribution in [0.3, 0.4) is 0 Å². The second-order valence-electron chi connectivity index (χ2n) is 11.7. The molecule has 3 N–H and O–H groups in total. The number of aryl methyl sites for hydroxylation is 1. The number of aromatic nitrogens is 2. The van der Waals surface area contributed by atoms with Crippen LogP contribution in [-0.2, 0) is 22.5 Å². The molecule has 48 heavy (non-hydrogen) atoms. The molecule has 2 aromatic carbocycles. The van der Waals surface area contributed by atoms with Crippen LogP contribution >= 0.6 is 23.2 Å². The van der Waals surface area contributed by atoms with Crippen LogP contribution in [0, 0.1) is 0 Å². The van der Waals surface area contributed by atoms with Crippen LogP contribution in [0.15, 0.2) is 60.0 Å². The van der Waals surface area contributed by atoms with Crippen molar-refractivity contribution in [3.8, 4) is 22.6 Å². The van der Waals surface area contributed by atoms with E-state index in [9.17, 15) is 9.59 Å². The standard InChI is InChI=1S/C35H40Cl2N6O5/c1-6-31(44)41-26-15-21(14-23-20-38-10-13-48-23)8-9-25(26)40-30-17-27-22(19-39-30)16-24(35(45)43(27)12-7-11-42(2)3)32-33(36)28(46-4)18-29(47-5)34(32)37/h6,8-9,15-19,23,38H,1,7,10-14,20H2,2-5H3,(H,39,40)(H,41,44). The molecule has 13 heteroatoms. The Hall–Kier alpha value is -4.13. The first-order valence-electron chi connectivity index (χ1n) is 15.6. The van der Waals surface area contributed by atoms with Crippen molar-refractivity contribution in [2.75, 3.05) is 65.2 Å². The van der Waals surface area contributed by atoms with Crippen molar-refractivity contribution in [2.24, 2.45) is 0 Å². The van der Waals surface area contributed by atoms with Gasteiger partial charge in [-0.1, -0.05) is 35.8 Å². The van der Waals surface area contributed by atoms with E-state index in [2.05, 4.69) is 32.4 Å². The van der Waals surface area contributed by atoms with E-state index in [4.69, 9.17) is 37.4 Å². The fourth-order valence-electron chi connectivity index (χ4n) is 5.68. The highest BCUT2D eigenvalue weighted by Crippen LogP contribution is 2.45. The summed E-state index contributed by atoms with van der Waals surface area (Å²) in [5, 5.41) is 10.7. The number of carbonyl (C=O) groups excluding carboxylic acids is 1. The third kappa shape index (κ3) is 7.94. The van der Waals surface area contributed by atoms with Gasteiger partial charge in [0.15, 0.2) is 0 Å². The molecule has 254 valence electrons. The third-order valence-corrected chi connectivity index (χ3v) is 8.82. The number of anilines is 3. The molecular formula is C35H40Cl2N6O5. The lowest BCUT2D eigenvalue weighted by Gasteiger charge is -2.24. The second kappa shape index (κ2) is 15.8. The lowest BCUT2D eigenvalue weighted by Crippen LogP contribution is -2.39. The first-order chi connectivity index (χ1) is 23.1. The van der Waals surface area contributed by atoms with Crippen molar-refractivity contribution in [1.29, 1.82) is 0 Å². The maximum atomic E-state index is 14.3. The van der Waals surface area contributed by atoms with Gasteiger partial charge in [0.1, 0.15) is 17.3 Å². The number of hydrogen-bond acceptors (Lipinski definition) is 9. The van der Waals surface area contributed by atoms with Crippen LogP contribution in [0.25, 0.3) is 22.0 Å². The number of rotatable bonds is 13. The van der Waals surface area contributed by atoms with Gasteiger partial charge in [-0.05, 0) is 63.3 Å². The summed E-state index contributed by atoms with van der Waals surface area (Å²) in [5.41, 5.74) is 3.21. The minimum Gasteiger partial charge on any atom is -0.495 e. The highest BCUT2D eigenvalue weighted by atomic mass is 35.5. The Morgan fingerprint density at radius 2 is 1.90 bits per heavy atom. The number of halogens is 2. The Kier molecular flexibility index (Phi) is 11.6. The second-order valence-corrected chi connectivity index (χ2v) is 12.4. The average molecular weight is 696 g/mol. The minimum atomic E-state index is -0.342. The number of morpholine rings is 1. The molecule has 1 atom stereocenters. The van der Waals surface area contributed by atoms with Crippen molar-refractivity contribution in [2.45, 2.75) is 25.5 Å². The molecule has 0 radical (unpaired) electrons. The molecule has 0 bridgehead atoms. The van der Waals surface area contributed by atoms with E-state index in [-0.39, 0.29) is 27.6 Å². The predicted molar refractivity (Wildman–Crippen MR) is 193 cm³/mol. The first kappa shape index (κ1) is 35.2. The van der Waals surface area contributed by atoms with Gasteiger partial charge in [0.25, 0.3) is 5.56 Å². The topological polar surface area (TPSA) is 119 Å². The highest BCUT2D eigenvalue weighted by Gasteiger charge is 2.23. The summed E-state index contributed by atoms with van der Waals surface area (Å²) >= 11 is 13.5. The molecule has 0 spiro atoms. The van der Waals surface area contributed by atoms with Crippen molar-refractivity contribution in [3.05, 3.63) is 81.2 Å². The number of nitrogens with zero attached hydrogens (tertiary/aromatic N) is 3. The number of benzene rings is 2. The van der Waals surface area contributed by atoms with Gasteiger partial charge >= 0.3 is 0 Å². The third-order valence-electron chi connectivity index (χ3n) is 8.07. The molecule has 3 heterocycles. The predicted octanol–water partition coefficient (Wildman–Crippen LogP) is 5.74. The average Bonchev–Trinajstić information content (AvgIpc) is 3.08. The van der Waals surface area contributed by atoms with Gasteiger partial charge in [-0.3, -0.25) is 9.59 Å². The Morgan fingerprint density at radius 3 is 2.54 bits per heavy atom. The summed E-state index contributed by atoms with van der Waals surface area (Å²) in [6, 6.07) is 10.9. The zero-order chi connectivity index (χ0) is 34.4. The molecule has 0 saturated carbocycles. The Morgan fingerprint density at radius 1 is 1.15 bits per heavy atom. The molecule has 11 nitrogen and oxygen atoms in total. The Balaban J connectivity index is 1.58. The monoisotopic (exact) mass is 694 g/mol. The molecule has 1 aliphatic rings. The number of fused-ring (bicyclic) bond motifs is 1. The lowest BCUT2D eigenvalue weighted by molar-refractivity contribution is -0.111. The fraction of sp³-hybridized carbons (Fsp3) is 0.343. The van der Waals surface area contributed by atoms with Crippen LogP contribution in [0.4, 0.5) is 17.2 Å². The molecule has 0 aliphatic carbocycles. The lowest BCUT2D eigenvalue weighted by atomic mass is 10.0. The van der Waals surface area contributed by atoms with Gasteiger partial charge in [-0.2, -0.15) is 0 Å². The number of pyridine rings is 2. The first-order valence-corrected chi connectivity index (χ1v) is 16.3. The van der Waals surface area contributed by atoms with Gasteiger partial charge in [0, 0.05) is 48.9 Å². The van der Waals surface area contributed by atoms with Crippen molar-refractivity contribution < 1.29 is 19.0 Å². The fourth-order valence-corrected chi connectivity index (χ4v) is 6.38. The Bertz CT molecular complexity index is 1850. The quantitative estimate of drug-likeness (QED) is 0.151. The normalized spacial score (nSPS) is 14.6. The van der Waals surface area contributed by atoms with E-state index in [0.717, 1.165) is 25.2 Å². The van der Waals surface area contributed by atoms with Crippen LogP contribution in [0.5, 0.6) is 11.5 Å². The van der Waals surface area contributed by atoms with Gasteiger partial charge in [0.2, 0.25) is 5.91 Å². The molecular weight excluding hydrogens is 655 g/mol. The SMILES string of the molecule is C=CC(=O)Nc1cc(CC2CNCCO2)ccc1Nc1cc2c(cn1)cc(-c1c(Cl)c(OC)cc(OC)c1Cl)c(=O)n2CCCN(C)C. The zero-order valence-electron chi connectivity index (χ0n) is 27.5. The van der Waals surface area contributed by atoms with E-state index in [1.54, 1.807) is 22.9 Å². The van der Waals surface area contributed by atoms with E-state index >= 15 is 0 Å². The van der Waals surface area contributed by atoms with Gasteiger partial charge < -0.3 is 39.6 Å². The molecule has 1 unspecified atom stereocenters. The minimum absolute atomic E-state index is 0.0413. The highest BCUT2D eigenvalue weighted by molar-refractivity contribution is 6.41. The summed E-state index contributed by atoms with van der Waals surface area (Å²) in [4.78, 5) is 33.4. The summed E-state index contributed by atoms with van der Waals surface area (Å²) in [6.45, 7) is 7.04. The molecule has 5 rings (SSSR count). The maximum Gasteiger partial charge on any atom is 0.259 e. The number of ether oxygens (including phenoxy) is 3. The number of nitrogens with one attached hydrogen (secondary N) is 3. The number of methoxy groups -OCH3 is 2. The van der Waals surface area contributed by atoms with Crippen molar-refractivity contribution in [3.63, 3.8) is 0 Å². The summed E-state index contributed by atoms with van der Waals surface area (Å²) in [7, 11) is 6.94. The maximum absolute atomic E-state index is 14.3. The molecule has 2 aromatic heterocycles. The molecule has 1 aliphatic heterocycles. The molecule has 4 aromatic rings. The van der Waals surface area contributed by atoms with Crippen molar-refractivity contribution >= 4 is 57.2 Å². The van der Waals surface area contributed by atoms with Crippen LogP contribution in [0.1, 0.15) is 12.0 Å². The van der Waals surface area contributed by atoms with Gasteiger partial charge in [-0.25, -0.2) is 4.98 Å². The number of carbonyl (C=O) groups is 1. The largest absolute Gasteiger partial charge is 0.495 e. The Labute approximate surface area is 289 Å². The van der Waals surface area contributed by atoms with Crippen LogP contribution in [0.2, 0.25) is 10.0 Å². The van der Waals surface area contributed by atoms with Crippen molar-refractivity contribution in [1.82, 2.24) is 19.8 Å². The van der Waals surface area contributed by atoms with E-state index < -0.39 is 0 Å². The van der Waals surface area contributed by atoms with Gasteiger partial charge in [0.05, 0.1) is 59.4 Å². The number of hydrogen-bond donors (Lipinski definition) is 3. The van der Waals surface area contributed by atoms with E-state index in [1.807, 2.05) is 38.4 Å². The van der Waals surface area contributed by atoms with Crippen LogP contribution in [-0.4, -0.2) is 81.0 Å². The smallest absolute Gasteiger partial charge is 0.259 e. The summed E-state index contributed by atoms with van der Waals surface area (Å²) in [5.74, 6) is 0.804. The van der Waals surface area contributed by atoms with Crippen LogP contribution < -0.4 is 31.0 Å². The zero-order valence-corrected chi connectivity index (χ0v) is 29.0.